The first-order valence-electron chi connectivity index (χ1n) is 5.68. The van der Waals surface area contributed by atoms with Crippen LogP contribution in [0, 0.1) is 0 Å². The SMILES string of the molecule is NC(=O)C(O)C(O)c1c(C=O)ccc2ccccc12. The molecular weight excluding hydrogens is 246 g/mol. The Morgan fingerprint density at radius 3 is 2.47 bits per heavy atom. The van der Waals surface area contributed by atoms with E-state index in [2.05, 4.69) is 0 Å². The number of fused-ring (bicyclic) bond motifs is 1. The zero-order valence-corrected chi connectivity index (χ0v) is 9.98. The van der Waals surface area contributed by atoms with Crippen LogP contribution in [0.3, 0.4) is 0 Å². The second-order valence-corrected chi connectivity index (χ2v) is 4.20. The summed E-state index contributed by atoms with van der Waals surface area (Å²) < 4.78 is 0. The Balaban J connectivity index is 2.68. The lowest BCUT2D eigenvalue weighted by atomic mass is 9.93. The number of hydrogen-bond donors (Lipinski definition) is 3. The highest BCUT2D eigenvalue weighted by Gasteiger charge is 2.27. The number of amides is 1. The Kier molecular flexibility index (Phi) is 3.59. The minimum atomic E-state index is -1.76. The standard InChI is InChI=1S/C14H13NO4/c15-14(19)13(18)12(17)11-9(7-16)6-5-8-3-1-2-4-10(8)11/h1-7,12-13,17-18H,(H2,15,19). The van der Waals surface area contributed by atoms with Crippen molar-refractivity contribution in [3.63, 3.8) is 0 Å². The number of hydrogen-bond acceptors (Lipinski definition) is 4. The van der Waals surface area contributed by atoms with Gasteiger partial charge in [0, 0.05) is 11.1 Å². The van der Waals surface area contributed by atoms with Crippen LogP contribution in [0.15, 0.2) is 36.4 Å². The molecule has 5 heteroatoms. The minimum absolute atomic E-state index is 0.208. The first-order valence-corrected chi connectivity index (χ1v) is 5.68. The fraction of sp³-hybridized carbons (Fsp3) is 0.143. The third-order valence-electron chi connectivity index (χ3n) is 3.02. The van der Waals surface area contributed by atoms with Crippen molar-refractivity contribution in [2.75, 3.05) is 0 Å². The molecule has 2 aromatic carbocycles. The van der Waals surface area contributed by atoms with Crippen LogP contribution in [0.4, 0.5) is 0 Å². The molecule has 0 spiro atoms. The highest BCUT2D eigenvalue weighted by atomic mass is 16.3. The van der Waals surface area contributed by atoms with Crippen LogP contribution in [-0.2, 0) is 4.79 Å². The molecular formula is C14H13NO4. The van der Waals surface area contributed by atoms with E-state index < -0.39 is 18.1 Å². The predicted octanol–water partition coefficient (Wildman–Crippen LogP) is 0.532. The maximum atomic E-state index is 11.1. The van der Waals surface area contributed by atoms with Crippen LogP contribution in [0.5, 0.6) is 0 Å². The van der Waals surface area contributed by atoms with Crippen molar-refractivity contribution in [2.45, 2.75) is 12.2 Å². The van der Waals surface area contributed by atoms with E-state index in [1.54, 1.807) is 24.3 Å². The van der Waals surface area contributed by atoms with Gasteiger partial charge in [-0.3, -0.25) is 9.59 Å². The van der Waals surface area contributed by atoms with E-state index in [4.69, 9.17) is 5.73 Å². The van der Waals surface area contributed by atoms with Crippen molar-refractivity contribution in [3.8, 4) is 0 Å². The summed E-state index contributed by atoms with van der Waals surface area (Å²) in [5.41, 5.74) is 5.39. The summed E-state index contributed by atoms with van der Waals surface area (Å²) >= 11 is 0. The molecule has 0 aliphatic rings. The lowest BCUT2D eigenvalue weighted by molar-refractivity contribution is -0.131. The van der Waals surface area contributed by atoms with Gasteiger partial charge in [-0.25, -0.2) is 0 Å². The van der Waals surface area contributed by atoms with E-state index in [0.29, 0.717) is 11.7 Å². The molecule has 0 aliphatic heterocycles. The summed E-state index contributed by atoms with van der Waals surface area (Å²) in [5, 5.41) is 21.0. The molecule has 0 aliphatic carbocycles. The molecule has 0 aromatic heterocycles. The molecule has 0 heterocycles. The Bertz CT molecular complexity index is 638. The number of aliphatic hydroxyl groups excluding tert-OH is 2. The molecule has 2 rings (SSSR count). The highest BCUT2D eigenvalue weighted by molar-refractivity contribution is 5.94. The van der Waals surface area contributed by atoms with Gasteiger partial charge in [0.05, 0.1) is 0 Å². The van der Waals surface area contributed by atoms with Gasteiger partial charge in [-0.1, -0.05) is 36.4 Å². The number of carbonyl (C=O) groups excluding carboxylic acids is 2. The average Bonchev–Trinajstić information content (AvgIpc) is 2.44. The third-order valence-corrected chi connectivity index (χ3v) is 3.02. The zero-order chi connectivity index (χ0) is 14.0. The topological polar surface area (TPSA) is 101 Å². The number of nitrogens with two attached hydrogens (primary N) is 1. The van der Waals surface area contributed by atoms with Crippen LogP contribution in [0.1, 0.15) is 22.0 Å². The largest absolute Gasteiger partial charge is 0.385 e. The van der Waals surface area contributed by atoms with Gasteiger partial charge in [0.2, 0.25) is 5.91 Å². The normalized spacial score (nSPS) is 14.0. The van der Waals surface area contributed by atoms with Gasteiger partial charge in [0.15, 0.2) is 6.10 Å². The Hall–Kier alpha value is -2.24. The second-order valence-electron chi connectivity index (χ2n) is 4.20. The minimum Gasteiger partial charge on any atom is -0.385 e. The molecule has 0 bridgehead atoms. The summed E-state index contributed by atoms with van der Waals surface area (Å²) in [6.45, 7) is 0. The molecule has 0 radical (unpaired) electrons. The molecule has 0 saturated heterocycles. The fourth-order valence-electron chi connectivity index (χ4n) is 2.06. The molecule has 0 saturated carbocycles. The van der Waals surface area contributed by atoms with E-state index in [1.165, 1.54) is 6.07 Å². The van der Waals surface area contributed by atoms with Crippen molar-refractivity contribution >= 4 is 23.0 Å². The van der Waals surface area contributed by atoms with Crippen molar-refractivity contribution in [1.29, 1.82) is 0 Å². The van der Waals surface area contributed by atoms with Crippen LogP contribution < -0.4 is 5.73 Å². The maximum Gasteiger partial charge on any atom is 0.249 e. The molecule has 1 amide bonds. The van der Waals surface area contributed by atoms with Crippen molar-refractivity contribution in [2.24, 2.45) is 5.73 Å². The fourth-order valence-corrected chi connectivity index (χ4v) is 2.06. The quantitative estimate of drug-likeness (QED) is 0.697. The molecule has 98 valence electrons. The lowest BCUT2D eigenvalue weighted by Crippen LogP contribution is -2.34. The summed E-state index contributed by atoms with van der Waals surface area (Å²) in [6, 6.07) is 10.3. The van der Waals surface area contributed by atoms with E-state index in [9.17, 15) is 19.8 Å². The van der Waals surface area contributed by atoms with Gasteiger partial charge in [-0.2, -0.15) is 0 Å². The zero-order valence-electron chi connectivity index (χ0n) is 9.98. The lowest BCUT2D eigenvalue weighted by Gasteiger charge is -2.19. The number of aldehydes is 1. The average molecular weight is 259 g/mol. The number of benzene rings is 2. The molecule has 5 nitrogen and oxygen atoms in total. The van der Waals surface area contributed by atoms with Gasteiger partial charge in [0.25, 0.3) is 0 Å². The van der Waals surface area contributed by atoms with Crippen LogP contribution in [0.2, 0.25) is 0 Å². The first kappa shape index (κ1) is 13.2. The predicted molar refractivity (Wildman–Crippen MR) is 69.5 cm³/mol. The van der Waals surface area contributed by atoms with Crippen molar-refractivity contribution in [1.82, 2.24) is 0 Å². The van der Waals surface area contributed by atoms with Crippen molar-refractivity contribution in [3.05, 3.63) is 47.5 Å². The Morgan fingerprint density at radius 1 is 1.16 bits per heavy atom. The second kappa shape index (κ2) is 5.17. The van der Waals surface area contributed by atoms with Gasteiger partial charge >= 0.3 is 0 Å². The Labute approximate surface area is 109 Å². The van der Waals surface area contributed by atoms with E-state index >= 15 is 0 Å². The van der Waals surface area contributed by atoms with E-state index in [-0.39, 0.29) is 11.1 Å². The smallest absolute Gasteiger partial charge is 0.249 e. The molecule has 19 heavy (non-hydrogen) atoms. The van der Waals surface area contributed by atoms with Crippen LogP contribution >= 0.6 is 0 Å². The summed E-state index contributed by atoms with van der Waals surface area (Å²) in [6.07, 6.45) is -2.73. The molecule has 0 fully saturated rings. The van der Waals surface area contributed by atoms with Crippen LogP contribution in [0.25, 0.3) is 10.8 Å². The number of rotatable bonds is 4. The summed E-state index contributed by atoms with van der Waals surface area (Å²) in [5.74, 6) is -1.04. The van der Waals surface area contributed by atoms with Crippen LogP contribution in [-0.4, -0.2) is 28.5 Å². The maximum absolute atomic E-state index is 11.1. The van der Waals surface area contributed by atoms with E-state index in [1.807, 2.05) is 6.07 Å². The molecule has 2 unspecified atom stereocenters. The Morgan fingerprint density at radius 2 is 1.84 bits per heavy atom. The third kappa shape index (κ3) is 2.33. The monoisotopic (exact) mass is 259 g/mol. The van der Waals surface area contributed by atoms with E-state index in [0.717, 1.165) is 5.39 Å². The highest BCUT2D eigenvalue weighted by Crippen LogP contribution is 2.29. The van der Waals surface area contributed by atoms with Gasteiger partial charge < -0.3 is 15.9 Å². The van der Waals surface area contributed by atoms with Gasteiger partial charge in [-0.15, -0.1) is 0 Å². The first-order chi connectivity index (χ1) is 9.06. The number of primary amides is 1. The number of aliphatic hydroxyl groups is 2. The van der Waals surface area contributed by atoms with Crippen molar-refractivity contribution < 1.29 is 19.8 Å². The van der Waals surface area contributed by atoms with Gasteiger partial charge in [0.1, 0.15) is 12.4 Å². The molecule has 4 N–H and O–H groups in total. The van der Waals surface area contributed by atoms with Gasteiger partial charge in [-0.05, 0) is 10.8 Å². The number of carbonyl (C=O) groups is 2. The molecule has 2 atom stereocenters. The summed E-state index contributed by atoms with van der Waals surface area (Å²) in [7, 11) is 0. The summed E-state index contributed by atoms with van der Waals surface area (Å²) in [4.78, 5) is 22.0. The molecule has 2 aromatic rings.